The number of carboxylic acid groups (broad SMARTS) is 1. The Morgan fingerprint density at radius 3 is 2.19 bits per heavy atom. The lowest BCUT2D eigenvalue weighted by atomic mass is 9.47. The third-order valence-electron chi connectivity index (χ3n) is 8.32. The predicted octanol–water partition coefficient (Wildman–Crippen LogP) is 3.47. The van der Waals surface area contributed by atoms with Crippen LogP contribution in [0.1, 0.15) is 66.2 Å². The lowest BCUT2D eigenvalue weighted by molar-refractivity contribution is -0.162. The van der Waals surface area contributed by atoms with Crippen molar-refractivity contribution in [2.75, 3.05) is 39.5 Å². The van der Waals surface area contributed by atoms with Gasteiger partial charge in [0.1, 0.15) is 0 Å². The molecule has 6 nitrogen and oxygen atoms in total. The largest absolute Gasteiger partial charge is 0.481 e. The van der Waals surface area contributed by atoms with Crippen molar-refractivity contribution >= 4 is 5.97 Å². The van der Waals surface area contributed by atoms with Gasteiger partial charge in [0.2, 0.25) is 0 Å². The minimum atomic E-state index is -0.588. The Morgan fingerprint density at radius 2 is 1.69 bits per heavy atom. The summed E-state index contributed by atoms with van der Waals surface area (Å²) in [6.07, 6.45) is 11.2. The van der Waals surface area contributed by atoms with Crippen LogP contribution in [0, 0.1) is 28.6 Å². The second-order valence-corrected chi connectivity index (χ2v) is 10.6. The van der Waals surface area contributed by atoms with Crippen molar-refractivity contribution in [3.8, 4) is 0 Å². The molecule has 0 aromatic heterocycles. The Morgan fingerprint density at radius 1 is 1.09 bits per heavy atom. The second-order valence-electron chi connectivity index (χ2n) is 10.6. The van der Waals surface area contributed by atoms with Crippen LogP contribution in [0.2, 0.25) is 0 Å². The summed E-state index contributed by atoms with van der Waals surface area (Å²) >= 11 is 0. The van der Waals surface area contributed by atoms with E-state index in [2.05, 4.69) is 32.9 Å². The highest BCUT2D eigenvalue weighted by molar-refractivity contribution is 5.75. The van der Waals surface area contributed by atoms with Gasteiger partial charge in [-0.3, -0.25) is 9.69 Å². The van der Waals surface area contributed by atoms with Gasteiger partial charge in [-0.05, 0) is 67.8 Å². The summed E-state index contributed by atoms with van der Waals surface area (Å²) in [6.45, 7) is 10.7. The van der Waals surface area contributed by atoms with Gasteiger partial charge in [-0.15, -0.1) is 0 Å². The van der Waals surface area contributed by atoms with Gasteiger partial charge < -0.3 is 20.4 Å². The van der Waals surface area contributed by atoms with Crippen molar-refractivity contribution in [1.82, 2.24) is 4.90 Å². The molecular weight excluding hydrogens is 406 g/mol. The van der Waals surface area contributed by atoms with Crippen LogP contribution in [-0.2, 0) is 4.79 Å². The van der Waals surface area contributed by atoms with E-state index in [1.165, 1.54) is 24.8 Å². The molecule has 6 heteroatoms. The van der Waals surface area contributed by atoms with E-state index in [1.54, 1.807) is 10.5 Å². The first-order valence-electron chi connectivity index (χ1n) is 12.3. The molecular formula is C26H45NO5. The zero-order chi connectivity index (χ0) is 23.9. The number of aliphatic carboxylic acids is 1. The lowest BCUT2D eigenvalue weighted by Gasteiger charge is -2.57. The smallest absolute Gasteiger partial charge is 0.309 e. The number of allylic oxidation sites excluding steroid dienone is 4. The van der Waals surface area contributed by atoms with E-state index in [0.29, 0.717) is 31.5 Å². The SMILES string of the molecule is CC(C)C1=CC2=CC[C@@H]3[C@](C)(CCC[C@@]3(C)C(=O)O)[C@H]2CC1.OCCN(CCO)CCO. The van der Waals surface area contributed by atoms with Crippen LogP contribution in [0.4, 0.5) is 0 Å². The molecule has 0 aromatic rings. The molecule has 4 N–H and O–H groups in total. The molecule has 3 rings (SSSR count). The van der Waals surface area contributed by atoms with E-state index < -0.39 is 11.4 Å². The van der Waals surface area contributed by atoms with Gasteiger partial charge in [-0.2, -0.15) is 0 Å². The van der Waals surface area contributed by atoms with Gasteiger partial charge in [-0.25, -0.2) is 0 Å². The fourth-order valence-electron chi connectivity index (χ4n) is 6.36. The maximum Gasteiger partial charge on any atom is 0.309 e. The summed E-state index contributed by atoms with van der Waals surface area (Å²) in [5, 5.41) is 35.3. The lowest BCUT2D eigenvalue weighted by Crippen LogP contribution is -2.53. The molecule has 0 amide bonds. The molecule has 184 valence electrons. The first kappa shape index (κ1) is 27.0. The molecule has 0 aliphatic heterocycles. The van der Waals surface area contributed by atoms with Gasteiger partial charge in [0.05, 0.1) is 25.2 Å². The molecule has 0 saturated heterocycles. The third kappa shape index (κ3) is 5.82. The fourth-order valence-corrected chi connectivity index (χ4v) is 6.36. The molecule has 3 aliphatic carbocycles. The van der Waals surface area contributed by atoms with Gasteiger partial charge in [0.25, 0.3) is 0 Å². The quantitative estimate of drug-likeness (QED) is 0.451. The fraction of sp³-hybridized carbons (Fsp3) is 0.808. The average Bonchev–Trinajstić information content (AvgIpc) is 2.74. The highest BCUT2D eigenvalue weighted by Crippen LogP contribution is 2.62. The van der Waals surface area contributed by atoms with Crippen LogP contribution in [0.15, 0.2) is 23.3 Å². The summed E-state index contributed by atoms with van der Waals surface area (Å²) in [5.41, 5.74) is 2.69. The molecule has 0 unspecified atom stereocenters. The average molecular weight is 452 g/mol. The Hall–Kier alpha value is -1.21. The van der Waals surface area contributed by atoms with Crippen molar-refractivity contribution in [2.24, 2.45) is 28.6 Å². The number of aliphatic hydroxyl groups excluding tert-OH is 3. The Labute approximate surface area is 194 Å². The first-order valence-corrected chi connectivity index (χ1v) is 12.3. The van der Waals surface area contributed by atoms with Gasteiger partial charge in [0, 0.05) is 19.6 Å². The summed E-state index contributed by atoms with van der Waals surface area (Å²) in [4.78, 5) is 13.7. The monoisotopic (exact) mass is 451 g/mol. The van der Waals surface area contributed by atoms with Crippen molar-refractivity contribution in [3.63, 3.8) is 0 Å². The van der Waals surface area contributed by atoms with E-state index in [-0.39, 0.29) is 31.2 Å². The van der Waals surface area contributed by atoms with Crippen LogP contribution < -0.4 is 0 Å². The topological polar surface area (TPSA) is 101 Å². The van der Waals surface area contributed by atoms with Crippen molar-refractivity contribution in [1.29, 1.82) is 0 Å². The van der Waals surface area contributed by atoms with Crippen LogP contribution in [-0.4, -0.2) is 70.8 Å². The predicted molar refractivity (Wildman–Crippen MR) is 127 cm³/mol. The molecule has 32 heavy (non-hydrogen) atoms. The number of hydrogen-bond acceptors (Lipinski definition) is 5. The molecule has 1 fully saturated rings. The van der Waals surface area contributed by atoms with Crippen LogP contribution in [0.5, 0.6) is 0 Å². The maximum absolute atomic E-state index is 11.9. The van der Waals surface area contributed by atoms with E-state index in [1.807, 2.05) is 6.92 Å². The number of carbonyl (C=O) groups is 1. The number of nitrogens with zero attached hydrogens (tertiary/aromatic N) is 1. The van der Waals surface area contributed by atoms with Crippen LogP contribution >= 0.6 is 0 Å². The molecule has 0 heterocycles. The van der Waals surface area contributed by atoms with E-state index in [9.17, 15) is 9.90 Å². The molecule has 4 atom stereocenters. The number of fused-ring (bicyclic) bond motifs is 3. The third-order valence-corrected chi connectivity index (χ3v) is 8.32. The van der Waals surface area contributed by atoms with E-state index in [4.69, 9.17) is 15.3 Å². The maximum atomic E-state index is 11.9. The Balaban J connectivity index is 0.000000309. The highest BCUT2D eigenvalue weighted by atomic mass is 16.4. The van der Waals surface area contributed by atoms with E-state index in [0.717, 1.165) is 19.3 Å². The molecule has 3 aliphatic rings. The second kappa shape index (κ2) is 11.8. The Kier molecular flexibility index (Phi) is 9.95. The van der Waals surface area contributed by atoms with Crippen molar-refractivity contribution in [2.45, 2.75) is 66.2 Å². The van der Waals surface area contributed by atoms with Gasteiger partial charge in [-0.1, -0.05) is 44.9 Å². The molecule has 0 bridgehead atoms. The Bertz CT molecular complexity index is 673. The van der Waals surface area contributed by atoms with Crippen LogP contribution in [0.25, 0.3) is 0 Å². The summed E-state index contributed by atoms with van der Waals surface area (Å²) in [5.74, 6) is 0.888. The summed E-state index contributed by atoms with van der Waals surface area (Å²) in [7, 11) is 0. The zero-order valence-electron chi connectivity index (χ0n) is 20.5. The highest BCUT2D eigenvalue weighted by Gasteiger charge is 2.57. The first-order chi connectivity index (χ1) is 15.1. The summed E-state index contributed by atoms with van der Waals surface area (Å²) in [6, 6.07) is 0. The number of hydrogen-bond donors (Lipinski definition) is 4. The van der Waals surface area contributed by atoms with Crippen molar-refractivity contribution < 1.29 is 25.2 Å². The number of carboxylic acids is 1. The molecule has 0 radical (unpaired) electrons. The standard InChI is InChI=1S/C20H30O2.C6H15NO3/c1-13(2)14-6-8-16-15(12-14)7-9-17-19(16,3)10-5-11-20(17,4)18(21)22;8-4-1-7(2-5-9)3-6-10/h7,12-13,16-17H,5-6,8-11H2,1-4H3,(H,21,22);8-10H,1-6H2/t16-,17+,19+,20+;/m0./s1. The minimum Gasteiger partial charge on any atom is -0.481 e. The van der Waals surface area contributed by atoms with Gasteiger partial charge in [0.15, 0.2) is 0 Å². The molecule has 0 spiro atoms. The van der Waals surface area contributed by atoms with Gasteiger partial charge >= 0.3 is 5.97 Å². The van der Waals surface area contributed by atoms with E-state index >= 15 is 0 Å². The van der Waals surface area contributed by atoms with Crippen LogP contribution in [0.3, 0.4) is 0 Å². The normalized spacial score (nSPS) is 31.8. The number of aliphatic hydroxyl groups is 3. The van der Waals surface area contributed by atoms with Crippen molar-refractivity contribution in [3.05, 3.63) is 23.3 Å². The minimum absolute atomic E-state index is 0.0694. The molecule has 0 aromatic carbocycles. The number of rotatable bonds is 8. The summed E-state index contributed by atoms with van der Waals surface area (Å²) < 4.78 is 0. The molecule has 1 saturated carbocycles. The zero-order valence-corrected chi connectivity index (χ0v) is 20.5.